The van der Waals surface area contributed by atoms with Gasteiger partial charge in [0.1, 0.15) is 5.82 Å². The van der Waals surface area contributed by atoms with Gasteiger partial charge in [-0.15, -0.1) is 0 Å². The minimum atomic E-state index is -0.580. The van der Waals surface area contributed by atoms with Crippen LogP contribution in [0.3, 0.4) is 0 Å². The van der Waals surface area contributed by atoms with Gasteiger partial charge in [0.15, 0.2) is 0 Å². The first-order valence-corrected chi connectivity index (χ1v) is 5.80. The van der Waals surface area contributed by atoms with E-state index in [0.717, 1.165) is 0 Å². The van der Waals surface area contributed by atoms with Gasteiger partial charge in [-0.1, -0.05) is 26.8 Å². The maximum atomic E-state index is 13.5. The van der Waals surface area contributed by atoms with Crippen molar-refractivity contribution < 1.29 is 9.18 Å². The van der Waals surface area contributed by atoms with Crippen LogP contribution in [0.1, 0.15) is 26.3 Å². The van der Waals surface area contributed by atoms with Crippen LogP contribution < -0.4 is 11.1 Å². The van der Waals surface area contributed by atoms with Gasteiger partial charge in [-0.25, -0.2) is 4.39 Å². The van der Waals surface area contributed by atoms with Crippen molar-refractivity contribution in [3.63, 3.8) is 0 Å². The lowest BCUT2D eigenvalue weighted by molar-refractivity contribution is -0.118. The van der Waals surface area contributed by atoms with Gasteiger partial charge in [-0.05, 0) is 30.0 Å². The number of nitrogens with one attached hydrogen (secondary N) is 1. The molecule has 1 amide bonds. The summed E-state index contributed by atoms with van der Waals surface area (Å²) in [4.78, 5) is 11.7. The maximum Gasteiger partial charge on any atom is 0.241 e. The molecular formula is C13H19FN2O. The van der Waals surface area contributed by atoms with Crippen molar-refractivity contribution >= 4 is 11.6 Å². The van der Waals surface area contributed by atoms with Gasteiger partial charge in [-0.2, -0.15) is 0 Å². The van der Waals surface area contributed by atoms with E-state index < -0.39 is 6.04 Å². The van der Waals surface area contributed by atoms with Crippen LogP contribution in [0.25, 0.3) is 0 Å². The fourth-order valence-electron chi connectivity index (χ4n) is 1.44. The highest BCUT2D eigenvalue weighted by atomic mass is 19.1. The summed E-state index contributed by atoms with van der Waals surface area (Å²) in [5, 5.41) is 2.61. The van der Waals surface area contributed by atoms with Gasteiger partial charge in [0, 0.05) is 5.69 Å². The van der Waals surface area contributed by atoms with Crippen LogP contribution in [0.5, 0.6) is 0 Å². The number of halogens is 1. The Morgan fingerprint density at radius 3 is 2.59 bits per heavy atom. The number of amides is 1. The quantitative estimate of drug-likeness (QED) is 0.845. The zero-order valence-electron chi connectivity index (χ0n) is 10.5. The SMILES string of the molecule is CCc1ccc(NC(=O)[C@@H](N)C(C)C)cc1F. The molecule has 0 saturated heterocycles. The molecule has 0 saturated carbocycles. The maximum absolute atomic E-state index is 13.5. The summed E-state index contributed by atoms with van der Waals surface area (Å²) < 4.78 is 13.5. The second kappa shape index (κ2) is 5.77. The fraction of sp³-hybridized carbons (Fsp3) is 0.462. The highest BCUT2D eigenvalue weighted by Crippen LogP contribution is 2.15. The number of hydrogen-bond donors (Lipinski definition) is 2. The first-order chi connectivity index (χ1) is 7.95. The molecule has 17 heavy (non-hydrogen) atoms. The van der Waals surface area contributed by atoms with Gasteiger partial charge < -0.3 is 11.1 Å². The predicted molar refractivity (Wildman–Crippen MR) is 67.2 cm³/mol. The summed E-state index contributed by atoms with van der Waals surface area (Å²) >= 11 is 0. The molecular weight excluding hydrogens is 219 g/mol. The van der Waals surface area contributed by atoms with Gasteiger partial charge in [0.05, 0.1) is 6.04 Å². The molecule has 3 N–H and O–H groups in total. The lowest BCUT2D eigenvalue weighted by atomic mass is 10.0. The smallest absolute Gasteiger partial charge is 0.241 e. The number of aryl methyl sites for hydroxylation is 1. The Bertz CT molecular complexity index is 404. The van der Waals surface area contributed by atoms with Crippen LogP contribution in [0.4, 0.5) is 10.1 Å². The number of anilines is 1. The average molecular weight is 238 g/mol. The van der Waals surface area contributed by atoms with E-state index in [9.17, 15) is 9.18 Å². The molecule has 0 spiro atoms. The molecule has 4 heteroatoms. The zero-order valence-corrected chi connectivity index (χ0v) is 10.5. The average Bonchev–Trinajstić information content (AvgIpc) is 2.28. The molecule has 0 aliphatic rings. The van der Waals surface area contributed by atoms with E-state index in [1.807, 2.05) is 20.8 Å². The molecule has 0 heterocycles. The standard InChI is InChI=1S/C13H19FN2O/c1-4-9-5-6-10(7-11(9)14)16-13(17)12(15)8(2)3/h5-8,12H,4,15H2,1-3H3,(H,16,17)/t12-/m0/s1. The molecule has 0 fully saturated rings. The highest BCUT2D eigenvalue weighted by molar-refractivity contribution is 5.94. The predicted octanol–water partition coefficient (Wildman–Crippen LogP) is 2.31. The van der Waals surface area contributed by atoms with E-state index in [0.29, 0.717) is 17.7 Å². The number of nitrogens with two attached hydrogens (primary N) is 1. The van der Waals surface area contributed by atoms with Crippen molar-refractivity contribution in [1.82, 2.24) is 0 Å². The lowest BCUT2D eigenvalue weighted by Crippen LogP contribution is -2.39. The van der Waals surface area contributed by atoms with E-state index in [4.69, 9.17) is 5.73 Å². The van der Waals surface area contributed by atoms with Crippen LogP contribution in [-0.2, 0) is 11.2 Å². The molecule has 0 bridgehead atoms. The summed E-state index contributed by atoms with van der Waals surface area (Å²) in [6.07, 6.45) is 0.631. The van der Waals surface area contributed by atoms with Crippen molar-refractivity contribution in [3.05, 3.63) is 29.6 Å². The van der Waals surface area contributed by atoms with E-state index >= 15 is 0 Å². The zero-order chi connectivity index (χ0) is 13.0. The first kappa shape index (κ1) is 13.6. The molecule has 0 aromatic heterocycles. The lowest BCUT2D eigenvalue weighted by Gasteiger charge is -2.15. The Morgan fingerprint density at radius 2 is 2.12 bits per heavy atom. The summed E-state index contributed by atoms with van der Waals surface area (Å²) in [7, 11) is 0. The second-order valence-corrected chi connectivity index (χ2v) is 4.42. The third-order valence-electron chi connectivity index (χ3n) is 2.72. The minimum Gasteiger partial charge on any atom is -0.325 e. The molecule has 0 radical (unpaired) electrons. The summed E-state index contributed by atoms with van der Waals surface area (Å²) in [5.74, 6) is -0.540. The number of hydrogen-bond acceptors (Lipinski definition) is 2. The van der Waals surface area contributed by atoms with E-state index in [1.54, 1.807) is 12.1 Å². The van der Waals surface area contributed by atoms with Crippen molar-refractivity contribution in [2.75, 3.05) is 5.32 Å². The van der Waals surface area contributed by atoms with Gasteiger partial charge in [0.2, 0.25) is 5.91 Å². The topological polar surface area (TPSA) is 55.1 Å². The molecule has 1 atom stereocenters. The van der Waals surface area contributed by atoms with Crippen molar-refractivity contribution in [2.24, 2.45) is 11.7 Å². The van der Waals surface area contributed by atoms with Crippen LogP contribution in [-0.4, -0.2) is 11.9 Å². The molecule has 1 rings (SSSR count). The fourth-order valence-corrected chi connectivity index (χ4v) is 1.44. The van der Waals surface area contributed by atoms with Crippen LogP contribution >= 0.6 is 0 Å². The Hall–Kier alpha value is -1.42. The molecule has 3 nitrogen and oxygen atoms in total. The van der Waals surface area contributed by atoms with Crippen molar-refractivity contribution in [1.29, 1.82) is 0 Å². The Morgan fingerprint density at radius 1 is 1.47 bits per heavy atom. The third kappa shape index (κ3) is 3.53. The van der Waals surface area contributed by atoms with Gasteiger partial charge in [-0.3, -0.25) is 4.79 Å². The van der Waals surface area contributed by atoms with E-state index in [-0.39, 0.29) is 17.6 Å². The monoisotopic (exact) mass is 238 g/mol. The number of rotatable bonds is 4. The van der Waals surface area contributed by atoms with E-state index in [2.05, 4.69) is 5.32 Å². The molecule has 0 aliphatic heterocycles. The van der Waals surface area contributed by atoms with Gasteiger partial charge >= 0.3 is 0 Å². The Labute approximate surface area is 101 Å². The minimum absolute atomic E-state index is 0.0507. The van der Waals surface area contributed by atoms with Gasteiger partial charge in [0.25, 0.3) is 0 Å². The van der Waals surface area contributed by atoms with E-state index in [1.165, 1.54) is 6.07 Å². The third-order valence-corrected chi connectivity index (χ3v) is 2.72. The molecule has 1 aromatic rings. The Kier molecular flexibility index (Phi) is 4.63. The van der Waals surface area contributed by atoms with Crippen molar-refractivity contribution in [3.8, 4) is 0 Å². The normalized spacial score (nSPS) is 12.6. The Balaban J connectivity index is 2.76. The number of carbonyl (C=O) groups is 1. The molecule has 0 unspecified atom stereocenters. The van der Waals surface area contributed by atoms with Crippen molar-refractivity contribution in [2.45, 2.75) is 33.2 Å². The second-order valence-electron chi connectivity index (χ2n) is 4.42. The summed E-state index contributed by atoms with van der Waals surface area (Å²) in [5.41, 5.74) is 6.78. The molecule has 1 aromatic carbocycles. The highest BCUT2D eigenvalue weighted by Gasteiger charge is 2.17. The number of benzene rings is 1. The first-order valence-electron chi connectivity index (χ1n) is 5.80. The number of carbonyl (C=O) groups excluding carboxylic acids is 1. The molecule has 94 valence electrons. The van der Waals surface area contributed by atoms with Crippen LogP contribution in [0.2, 0.25) is 0 Å². The largest absolute Gasteiger partial charge is 0.325 e. The molecule has 0 aliphatic carbocycles. The summed E-state index contributed by atoms with van der Waals surface area (Å²) in [6, 6.07) is 4.10. The van der Waals surface area contributed by atoms with Crippen LogP contribution in [0.15, 0.2) is 18.2 Å². The van der Waals surface area contributed by atoms with Crippen LogP contribution in [0, 0.1) is 11.7 Å². The summed E-state index contributed by atoms with van der Waals surface area (Å²) in [6.45, 7) is 5.61.